The van der Waals surface area contributed by atoms with Gasteiger partial charge in [0, 0.05) is 42.7 Å². The molecule has 1 aliphatic heterocycles. The number of hydrogen-bond acceptors (Lipinski definition) is 4. The van der Waals surface area contributed by atoms with Gasteiger partial charge in [-0.15, -0.1) is 0 Å². The second kappa shape index (κ2) is 8.74. The average Bonchev–Trinajstić information content (AvgIpc) is 3.23. The highest BCUT2D eigenvalue weighted by Crippen LogP contribution is 2.37. The van der Waals surface area contributed by atoms with Crippen molar-refractivity contribution in [3.8, 4) is 11.4 Å². The van der Waals surface area contributed by atoms with Crippen LogP contribution < -0.4 is 9.64 Å². The fraction of sp³-hybridized carbons (Fsp3) is 0.286. The van der Waals surface area contributed by atoms with Crippen molar-refractivity contribution in [1.29, 1.82) is 0 Å². The predicted octanol–water partition coefficient (Wildman–Crippen LogP) is 5.33. The fourth-order valence-electron chi connectivity index (χ4n) is 4.91. The normalized spacial score (nSPS) is 16.5. The standard InChI is InChI=1S/C28H29N3O2/c1-19-12-13-24-25(30(19)2)14-15-26-28(24)29-27(16-21(18-32)20-8-5-4-6-9-20)31(26)22-10-7-11-23(17-22)33-3/h4-11,14-15,17-19,21H,12-13,16H2,1-3H3. The minimum atomic E-state index is -0.258. The number of ether oxygens (including phenoxy) is 1. The fourth-order valence-corrected chi connectivity index (χ4v) is 4.91. The molecule has 0 fully saturated rings. The van der Waals surface area contributed by atoms with Crippen molar-refractivity contribution in [1.82, 2.24) is 9.55 Å². The third-order valence-corrected chi connectivity index (χ3v) is 6.94. The van der Waals surface area contributed by atoms with Crippen molar-refractivity contribution in [2.24, 2.45) is 0 Å². The number of rotatable bonds is 6. The molecule has 0 aliphatic carbocycles. The number of carbonyl (C=O) groups excluding carboxylic acids is 1. The molecule has 0 saturated heterocycles. The minimum absolute atomic E-state index is 0.258. The van der Waals surface area contributed by atoms with Gasteiger partial charge in [0.1, 0.15) is 17.9 Å². The number of nitrogens with zero attached hydrogens (tertiary/aromatic N) is 3. The van der Waals surface area contributed by atoms with Gasteiger partial charge in [-0.25, -0.2) is 4.98 Å². The summed E-state index contributed by atoms with van der Waals surface area (Å²) in [4.78, 5) is 19.6. The van der Waals surface area contributed by atoms with Gasteiger partial charge in [-0.3, -0.25) is 4.57 Å². The third kappa shape index (κ3) is 3.78. The van der Waals surface area contributed by atoms with E-state index in [1.807, 2.05) is 48.5 Å². The maximum atomic E-state index is 12.1. The maximum absolute atomic E-state index is 12.1. The molecule has 2 atom stereocenters. The van der Waals surface area contributed by atoms with Crippen LogP contribution in [0, 0.1) is 0 Å². The van der Waals surface area contributed by atoms with Crippen LogP contribution in [0.4, 0.5) is 5.69 Å². The molecular weight excluding hydrogens is 410 g/mol. The summed E-state index contributed by atoms with van der Waals surface area (Å²) in [6.07, 6.45) is 3.67. The molecule has 2 unspecified atom stereocenters. The van der Waals surface area contributed by atoms with Crippen LogP contribution in [0.15, 0.2) is 66.7 Å². The minimum Gasteiger partial charge on any atom is -0.497 e. The molecule has 33 heavy (non-hydrogen) atoms. The van der Waals surface area contributed by atoms with E-state index >= 15 is 0 Å². The molecule has 0 amide bonds. The Hall–Kier alpha value is -3.60. The zero-order valence-corrected chi connectivity index (χ0v) is 19.4. The second-order valence-electron chi connectivity index (χ2n) is 8.85. The number of fused-ring (bicyclic) bond motifs is 3. The summed E-state index contributed by atoms with van der Waals surface area (Å²) in [5.74, 6) is 1.42. The second-order valence-corrected chi connectivity index (χ2v) is 8.85. The lowest BCUT2D eigenvalue weighted by Crippen LogP contribution is -2.33. The highest BCUT2D eigenvalue weighted by atomic mass is 16.5. The van der Waals surface area contributed by atoms with E-state index in [1.165, 1.54) is 11.3 Å². The van der Waals surface area contributed by atoms with Gasteiger partial charge in [-0.2, -0.15) is 0 Å². The van der Waals surface area contributed by atoms with Crippen LogP contribution in [0.5, 0.6) is 5.75 Å². The SMILES string of the molecule is COc1cccc(-n2c(CC(C=O)c3ccccc3)nc3c4c(ccc32)N(C)C(C)CC4)c1. The molecule has 0 bridgehead atoms. The topological polar surface area (TPSA) is 47.4 Å². The van der Waals surface area contributed by atoms with E-state index < -0.39 is 0 Å². The average molecular weight is 440 g/mol. The van der Waals surface area contributed by atoms with Crippen LogP contribution in [0.2, 0.25) is 0 Å². The molecule has 5 rings (SSSR count). The predicted molar refractivity (Wildman–Crippen MR) is 133 cm³/mol. The Kier molecular flexibility index (Phi) is 5.63. The van der Waals surface area contributed by atoms with E-state index in [1.54, 1.807) is 7.11 Å². The van der Waals surface area contributed by atoms with Gasteiger partial charge in [0.15, 0.2) is 0 Å². The van der Waals surface area contributed by atoms with Gasteiger partial charge >= 0.3 is 0 Å². The molecule has 0 radical (unpaired) electrons. The van der Waals surface area contributed by atoms with Crippen molar-refractivity contribution < 1.29 is 9.53 Å². The molecule has 5 nitrogen and oxygen atoms in total. The quantitative estimate of drug-likeness (QED) is 0.381. The van der Waals surface area contributed by atoms with E-state index in [-0.39, 0.29) is 5.92 Å². The number of methoxy groups -OCH3 is 1. The van der Waals surface area contributed by atoms with Crippen LogP contribution in [-0.4, -0.2) is 36.0 Å². The summed E-state index contributed by atoms with van der Waals surface area (Å²) < 4.78 is 7.69. The zero-order valence-electron chi connectivity index (χ0n) is 19.4. The van der Waals surface area contributed by atoms with E-state index in [4.69, 9.17) is 9.72 Å². The molecule has 5 heteroatoms. The Bertz CT molecular complexity index is 1300. The summed E-state index contributed by atoms with van der Waals surface area (Å²) >= 11 is 0. The Labute approximate surface area is 194 Å². The van der Waals surface area contributed by atoms with E-state index in [2.05, 4.69) is 41.6 Å². The Morgan fingerprint density at radius 3 is 2.70 bits per heavy atom. The van der Waals surface area contributed by atoms with Crippen LogP contribution in [-0.2, 0) is 17.6 Å². The summed E-state index contributed by atoms with van der Waals surface area (Å²) in [6.45, 7) is 2.27. The lowest BCUT2D eigenvalue weighted by atomic mass is 9.96. The lowest BCUT2D eigenvalue weighted by Gasteiger charge is -2.33. The number of anilines is 1. The van der Waals surface area contributed by atoms with Crippen molar-refractivity contribution in [2.75, 3.05) is 19.1 Å². The number of carbonyl (C=O) groups is 1. The smallest absolute Gasteiger partial charge is 0.127 e. The first-order chi connectivity index (χ1) is 16.1. The number of aryl methyl sites for hydroxylation is 1. The zero-order chi connectivity index (χ0) is 22.9. The van der Waals surface area contributed by atoms with Crippen molar-refractivity contribution in [3.05, 3.63) is 83.7 Å². The summed E-state index contributed by atoms with van der Waals surface area (Å²) in [7, 11) is 3.84. The van der Waals surface area contributed by atoms with E-state index in [0.29, 0.717) is 12.5 Å². The van der Waals surface area contributed by atoms with Crippen molar-refractivity contribution >= 4 is 23.0 Å². The lowest BCUT2D eigenvalue weighted by molar-refractivity contribution is -0.109. The maximum Gasteiger partial charge on any atom is 0.127 e. The molecule has 0 N–H and O–H groups in total. The van der Waals surface area contributed by atoms with Gasteiger partial charge in [-0.05, 0) is 49.6 Å². The first-order valence-corrected chi connectivity index (χ1v) is 11.5. The highest BCUT2D eigenvalue weighted by molar-refractivity contribution is 5.87. The van der Waals surface area contributed by atoms with Crippen LogP contribution in [0.25, 0.3) is 16.7 Å². The van der Waals surface area contributed by atoms with Crippen LogP contribution >= 0.6 is 0 Å². The third-order valence-electron chi connectivity index (χ3n) is 6.94. The molecule has 0 spiro atoms. The van der Waals surface area contributed by atoms with Gasteiger partial charge in [0.2, 0.25) is 0 Å². The molecule has 1 aromatic heterocycles. The number of hydrogen-bond donors (Lipinski definition) is 0. The Morgan fingerprint density at radius 1 is 1.12 bits per heavy atom. The largest absolute Gasteiger partial charge is 0.497 e. The first kappa shape index (κ1) is 21.3. The molecule has 4 aromatic rings. The number of aldehydes is 1. The molecule has 3 aromatic carbocycles. The van der Waals surface area contributed by atoms with Gasteiger partial charge in [0.05, 0.1) is 23.8 Å². The van der Waals surface area contributed by atoms with Gasteiger partial charge < -0.3 is 14.4 Å². The molecule has 168 valence electrons. The Balaban J connectivity index is 1.70. The first-order valence-electron chi connectivity index (χ1n) is 11.5. The molecular formula is C28H29N3O2. The molecule has 1 aliphatic rings. The Morgan fingerprint density at radius 2 is 1.94 bits per heavy atom. The molecule has 2 heterocycles. The van der Waals surface area contributed by atoms with Crippen LogP contribution in [0.1, 0.15) is 36.2 Å². The highest BCUT2D eigenvalue weighted by Gasteiger charge is 2.26. The van der Waals surface area contributed by atoms with Crippen LogP contribution in [0.3, 0.4) is 0 Å². The van der Waals surface area contributed by atoms with E-state index in [9.17, 15) is 4.79 Å². The summed E-state index contributed by atoms with van der Waals surface area (Å²) in [6, 6.07) is 22.9. The number of imidazole rings is 1. The number of benzene rings is 3. The summed E-state index contributed by atoms with van der Waals surface area (Å²) in [5.41, 5.74) is 6.63. The summed E-state index contributed by atoms with van der Waals surface area (Å²) in [5, 5.41) is 0. The monoisotopic (exact) mass is 439 g/mol. The van der Waals surface area contributed by atoms with Crippen molar-refractivity contribution in [3.63, 3.8) is 0 Å². The van der Waals surface area contributed by atoms with Crippen molar-refractivity contribution in [2.45, 2.75) is 38.1 Å². The van der Waals surface area contributed by atoms with Gasteiger partial charge in [-0.1, -0.05) is 36.4 Å². The van der Waals surface area contributed by atoms with Gasteiger partial charge in [0.25, 0.3) is 0 Å². The number of aromatic nitrogens is 2. The molecule has 0 saturated carbocycles. The van der Waals surface area contributed by atoms with E-state index in [0.717, 1.165) is 53.0 Å².